The number of fused-ring (bicyclic) bond motifs is 1. The summed E-state index contributed by atoms with van der Waals surface area (Å²) in [4.78, 5) is 34.2. The van der Waals surface area contributed by atoms with E-state index in [1.165, 1.54) is 17.0 Å². The first-order valence-corrected chi connectivity index (χ1v) is 16.8. The number of ether oxygens (including phenoxy) is 1. The number of carbonyl (C=O) groups is 2. The minimum absolute atomic E-state index is 0.0193. The van der Waals surface area contributed by atoms with E-state index in [2.05, 4.69) is 15.2 Å². The lowest BCUT2D eigenvalue weighted by Gasteiger charge is -2.36. The summed E-state index contributed by atoms with van der Waals surface area (Å²) in [6.45, 7) is 5.68. The first kappa shape index (κ1) is 33.3. The fraction of sp³-hybridized carbons (Fsp3) is 0.308. The predicted molar refractivity (Wildman–Crippen MR) is 185 cm³/mol. The lowest BCUT2D eigenvalue weighted by atomic mass is 9.96. The van der Waals surface area contributed by atoms with Crippen molar-refractivity contribution in [2.75, 3.05) is 31.1 Å². The van der Waals surface area contributed by atoms with Crippen LogP contribution in [0.5, 0.6) is 0 Å². The molecule has 2 aliphatic heterocycles. The number of benzene rings is 3. The van der Waals surface area contributed by atoms with E-state index in [0.29, 0.717) is 22.5 Å². The van der Waals surface area contributed by atoms with Crippen molar-refractivity contribution in [3.8, 4) is 22.3 Å². The average Bonchev–Trinajstić information content (AvgIpc) is 3.53. The third-order valence-electron chi connectivity index (χ3n) is 9.25. The van der Waals surface area contributed by atoms with Gasteiger partial charge in [0.05, 0.1) is 24.3 Å². The standard InChI is InChI=1S/C39H37F3N4O4/c1-24-22-46(23-25(2)49-24)35-12-9-29(20-43-35)37(47)44-21-33-18-31-17-30(19-34(36(31)50-33)27-7-10-32(40)11-8-27)26-3-5-28(6-4-26)38(48)45-15-13-39(41,42)14-16-45/h3-12,17-20,24-25H,13-16,21-23H2,1-2H3,(H,44,47)/t24-,25+. The highest BCUT2D eigenvalue weighted by Gasteiger charge is 2.35. The molecule has 0 bridgehead atoms. The third-order valence-corrected chi connectivity index (χ3v) is 9.25. The number of pyridine rings is 1. The van der Waals surface area contributed by atoms with Gasteiger partial charge >= 0.3 is 0 Å². The van der Waals surface area contributed by atoms with E-state index in [4.69, 9.17) is 9.15 Å². The molecule has 2 aliphatic rings. The van der Waals surface area contributed by atoms with Crippen LogP contribution in [-0.2, 0) is 11.3 Å². The molecule has 0 radical (unpaired) electrons. The summed E-state index contributed by atoms with van der Waals surface area (Å²) >= 11 is 0. The molecule has 4 heterocycles. The minimum atomic E-state index is -2.73. The van der Waals surface area contributed by atoms with Gasteiger partial charge in [-0.1, -0.05) is 24.3 Å². The van der Waals surface area contributed by atoms with Gasteiger partial charge in [0, 0.05) is 61.7 Å². The van der Waals surface area contributed by atoms with E-state index in [1.54, 1.807) is 36.5 Å². The Labute approximate surface area is 287 Å². The van der Waals surface area contributed by atoms with Gasteiger partial charge in [-0.15, -0.1) is 0 Å². The molecule has 0 saturated carbocycles. The van der Waals surface area contributed by atoms with Crippen molar-refractivity contribution in [3.63, 3.8) is 0 Å². The monoisotopic (exact) mass is 682 g/mol. The molecule has 11 heteroatoms. The van der Waals surface area contributed by atoms with Crippen LogP contribution in [0.1, 0.15) is 53.2 Å². The number of rotatable bonds is 7. The number of furan rings is 1. The highest BCUT2D eigenvalue weighted by molar-refractivity contribution is 5.98. The SMILES string of the molecule is C[C@@H]1CN(c2ccc(C(=O)NCc3cc4cc(-c5ccc(C(=O)N6CCC(F)(F)CC6)cc5)cc(-c5ccc(F)cc5)c4o3)cn2)C[C@H](C)O1. The van der Waals surface area contributed by atoms with Gasteiger partial charge in [0.25, 0.3) is 17.7 Å². The van der Waals surface area contributed by atoms with E-state index >= 15 is 0 Å². The number of amides is 2. The van der Waals surface area contributed by atoms with E-state index in [-0.39, 0.29) is 62.3 Å². The summed E-state index contributed by atoms with van der Waals surface area (Å²) in [5.74, 6) is -2.34. The summed E-state index contributed by atoms with van der Waals surface area (Å²) in [7, 11) is 0. The molecular formula is C39H37F3N4O4. The number of likely N-dealkylation sites (tertiary alicyclic amines) is 1. The second-order valence-electron chi connectivity index (χ2n) is 13.1. The van der Waals surface area contributed by atoms with Crippen molar-refractivity contribution >= 4 is 28.6 Å². The highest BCUT2D eigenvalue weighted by atomic mass is 19.3. The van der Waals surface area contributed by atoms with Crippen LogP contribution in [0.3, 0.4) is 0 Å². The predicted octanol–water partition coefficient (Wildman–Crippen LogP) is 7.72. The molecule has 2 amide bonds. The van der Waals surface area contributed by atoms with Crippen molar-refractivity contribution < 1.29 is 31.9 Å². The summed E-state index contributed by atoms with van der Waals surface area (Å²) in [6, 6.07) is 22.5. The van der Waals surface area contributed by atoms with E-state index in [9.17, 15) is 22.8 Å². The Hall–Kier alpha value is -5.16. The Morgan fingerprint density at radius 3 is 2.18 bits per heavy atom. The third kappa shape index (κ3) is 7.23. The van der Waals surface area contributed by atoms with Crippen molar-refractivity contribution in [2.45, 2.75) is 51.4 Å². The lowest BCUT2D eigenvalue weighted by molar-refractivity contribution is -0.0494. The maximum atomic E-state index is 13.9. The van der Waals surface area contributed by atoms with Gasteiger partial charge in [-0.25, -0.2) is 18.2 Å². The number of carbonyl (C=O) groups excluding carboxylic acids is 2. The van der Waals surface area contributed by atoms with Crippen LogP contribution in [-0.4, -0.2) is 66.0 Å². The van der Waals surface area contributed by atoms with E-state index < -0.39 is 5.92 Å². The van der Waals surface area contributed by atoms with Gasteiger partial charge in [0.1, 0.15) is 23.0 Å². The molecule has 8 nitrogen and oxygen atoms in total. The Morgan fingerprint density at radius 2 is 1.52 bits per heavy atom. The molecule has 3 aromatic carbocycles. The molecule has 0 unspecified atom stereocenters. The Kier molecular flexibility index (Phi) is 9.09. The molecule has 0 spiro atoms. The maximum Gasteiger partial charge on any atom is 0.253 e. The van der Waals surface area contributed by atoms with Gasteiger partial charge < -0.3 is 24.3 Å². The van der Waals surface area contributed by atoms with Crippen LogP contribution in [0.15, 0.2) is 89.5 Å². The normalized spacial score (nSPS) is 19.1. The lowest BCUT2D eigenvalue weighted by Crippen LogP contribution is -2.45. The molecule has 50 heavy (non-hydrogen) atoms. The smallest absolute Gasteiger partial charge is 0.253 e. The molecular weight excluding hydrogens is 645 g/mol. The summed E-state index contributed by atoms with van der Waals surface area (Å²) in [6.07, 6.45) is 1.08. The topological polar surface area (TPSA) is 87.9 Å². The van der Waals surface area contributed by atoms with Crippen molar-refractivity contribution in [1.82, 2.24) is 15.2 Å². The van der Waals surface area contributed by atoms with Gasteiger partial charge in [0.2, 0.25) is 0 Å². The summed E-state index contributed by atoms with van der Waals surface area (Å²) in [5, 5.41) is 3.70. The number of nitrogens with zero attached hydrogens (tertiary/aromatic N) is 3. The number of anilines is 1. The quantitative estimate of drug-likeness (QED) is 0.189. The van der Waals surface area contributed by atoms with Crippen LogP contribution < -0.4 is 10.2 Å². The number of aromatic nitrogens is 1. The van der Waals surface area contributed by atoms with Crippen molar-refractivity contribution in [2.24, 2.45) is 0 Å². The van der Waals surface area contributed by atoms with Gasteiger partial charge in [-0.05, 0) is 85.1 Å². The zero-order valence-electron chi connectivity index (χ0n) is 27.8. The number of nitrogens with one attached hydrogen (secondary N) is 1. The fourth-order valence-electron chi connectivity index (χ4n) is 6.67. The number of alkyl halides is 2. The van der Waals surface area contributed by atoms with Crippen LogP contribution in [0.25, 0.3) is 33.2 Å². The van der Waals surface area contributed by atoms with Crippen LogP contribution >= 0.6 is 0 Å². The van der Waals surface area contributed by atoms with Crippen molar-refractivity contribution in [1.29, 1.82) is 0 Å². The molecule has 5 aromatic rings. The number of hydrogen-bond acceptors (Lipinski definition) is 6. The highest BCUT2D eigenvalue weighted by Crippen LogP contribution is 2.36. The van der Waals surface area contributed by atoms with Gasteiger partial charge in [-0.3, -0.25) is 9.59 Å². The second kappa shape index (κ2) is 13.6. The molecule has 2 atom stereocenters. The van der Waals surface area contributed by atoms with Crippen LogP contribution in [0, 0.1) is 5.82 Å². The summed E-state index contributed by atoms with van der Waals surface area (Å²) in [5.41, 5.74) is 4.57. The van der Waals surface area contributed by atoms with Crippen LogP contribution in [0.4, 0.5) is 19.0 Å². The number of halogens is 3. The molecule has 258 valence electrons. The van der Waals surface area contributed by atoms with Crippen LogP contribution in [0.2, 0.25) is 0 Å². The molecule has 0 aliphatic carbocycles. The van der Waals surface area contributed by atoms with Gasteiger partial charge in [-0.2, -0.15) is 0 Å². The zero-order valence-corrected chi connectivity index (χ0v) is 27.8. The molecule has 7 rings (SSSR count). The maximum absolute atomic E-state index is 13.9. The Bertz CT molecular complexity index is 1990. The number of hydrogen-bond donors (Lipinski definition) is 1. The molecule has 2 fully saturated rings. The average molecular weight is 683 g/mol. The Morgan fingerprint density at radius 1 is 0.860 bits per heavy atom. The number of piperidine rings is 1. The molecule has 2 saturated heterocycles. The molecule has 1 N–H and O–H groups in total. The van der Waals surface area contributed by atoms with E-state index in [1.807, 2.05) is 50.2 Å². The molecule has 2 aromatic heterocycles. The van der Waals surface area contributed by atoms with Crippen molar-refractivity contribution in [3.05, 3.63) is 108 Å². The largest absolute Gasteiger partial charge is 0.459 e. The first-order chi connectivity index (χ1) is 24.0. The van der Waals surface area contributed by atoms with E-state index in [0.717, 1.165) is 46.5 Å². The first-order valence-electron chi connectivity index (χ1n) is 16.8. The minimum Gasteiger partial charge on any atom is -0.459 e. The Balaban J connectivity index is 1.10. The zero-order chi connectivity index (χ0) is 35.0. The fourth-order valence-corrected chi connectivity index (χ4v) is 6.67. The second-order valence-corrected chi connectivity index (χ2v) is 13.1. The van der Waals surface area contributed by atoms with Gasteiger partial charge in [0.15, 0.2) is 0 Å². The number of morpholine rings is 1. The summed E-state index contributed by atoms with van der Waals surface area (Å²) < 4.78 is 53.2.